The Morgan fingerprint density at radius 2 is 1.83 bits per heavy atom. The summed E-state index contributed by atoms with van der Waals surface area (Å²) in [6.07, 6.45) is -2.16. The van der Waals surface area contributed by atoms with Gasteiger partial charge in [-0.3, -0.25) is 0 Å². The van der Waals surface area contributed by atoms with Gasteiger partial charge in [-0.2, -0.15) is 0 Å². The van der Waals surface area contributed by atoms with Gasteiger partial charge in [-0.05, 0) is 33.7 Å². The van der Waals surface area contributed by atoms with Crippen LogP contribution in [-0.4, -0.2) is 68.0 Å². The van der Waals surface area contributed by atoms with E-state index in [1.54, 1.807) is 13.8 Å². The van der Waals surface area contributed by atoms with Crippen molar-refractivity contribution in [2.75, 3.05) is 20.0 Å². The molecule has 6 nitrogen and oxygen atoms in total. The minimum absolute atomic E-state index is 0.166. The van der Waals surface area contributed by atoms with E-state index in [4.69, 9.17) is 18.9 Å². The zero-order chi connectivity index (χ0) is 17.9. The van der Waals surface area contributed by atoms with Crippen LogP contribution >= 0.6 is 0 Å². The lowest BCUT2D eigenvalue weighted by Crippen LogP contribution is -2.50. The molecule has 1 saturated heterocycles. The summed E-state index contributed by atoms with van der Waals surface area (Å²) in [5.74, 6) is -0.829. The Balaban J connectivity index is 2.56. The second kappa shape index (κ2) is 7.90. The Morgan fingerprint density at radius 1 is 1.22 bits per heavy atom. The maximum Gasteiger partial charge on any atom is 0.164 e. The molecule has 1 aliphatic rings. The Morgan fingerprint density at radius 3 is 2.35 bits per heavy atom. The van der Waals surface area contributed by atoms with Crippen molar-refractivity contribution in [2.24, 2.45) is 0 Å². The van der Waals surface area contributed by atoms with Crippen LogP contribution in [0.2, 0.25) is 25.7 Å². The van der Waals surface area contributed by atoms with E-state index in [2.05, 4.69) is 19.6 Å². The van der Waals surface area contributed by atoms with Crippen LogP contribution in [0.1, 0.15) is 27.7 Å². The van der Waals surface area contributed by atoms with E-state index in [0.717, 1.165) is 6.04 Å². The molecule has 0 aromatic rings. The molecule has 0 radical (unpaired) electrons. The van der Waals surface area contributed by atoms with Crippen LogP contribution in [0.15, 0.2) is 0 Å². The molecule has 0 unspecified atom stereocenters. The van der Waals surface area contributed by atoms with Gasteiger partial charge < -0.3 is 29.2 Å². The van der Waals surface area contributed by atoms with Gasteiger partial charge >= 0.3 is 0 Å². The van der Waals surface area contributed by atoms with Crippen molar-refractivity contribution >= 4 is 8.07 Å². The molecule has 0 spiro atoms. The summed E-state index contributed by atoms with van der Waals surface area (Å²) < 4.78 is 23.0. The molecule has 0 aromatic heterocycles. The van der Waals surface area contributed by atoms with Gasteiger partial charge in [-0.15, -0.1) is 0 Å². The first-order chi connectivity index (χ1) is 10.4. The van der Waals surface area contributed by atoms with Crippen LogP contribution < -0.4 is 0 Å². The summed E-state index contributed by atoms with van der Waals surface area (Å²) in [4.78, 5) is 0. The lowest BCUT2D eigenvalue weighted by atomic mass is 9.94. The minimum atomic E-state index is -1.11. The maximum absolute atomic E-state index is 9.99. The highest BCUT2D eigenvalue weighted by Gasteiger charge is 2.51. The second-order valence-electron chi connectivity index (χ2n) is 8.36. The molecule has 0 saturated carbocycles. The zero-order valence-corrected chi connectivity index (χ0v) is 16.6. The number of hydrogen-bond acceptors (Lipinski definition) is 6. The van der Waals surface area contributed by atoms with E-state index >= 15 is 0 Å². The third-order valence-corrected chi connectivity index (χ3v) is 5.60. The molecule has 1 rings (SSSR count). The van der Waals surface area contributed by atoms with Gasteiger partial charge in [0.1, 0.15) is 25.1 Å². The fourth-order valence-electron chi connectivity index (χ4n) is 2.42. The largest absolute Gasteiger partial charge is 0.394 e. The predicted octanol–water partition coefficient (Wildman–Crippen LogP) is 1.97. The molecule has 0 amide bonds. The Bertz CT molecular complexity index is 366. The van der Waals surface area contributed by atoms with Crippen LogP contribution in [0.25, 0.3) is 0 Å². The van der Waals surface area contributed by atoms with E-state index < -0.39 is 37.8 Å². The van der Waals surface area contributed by atoms with Gasteiger partial charge in [-0.25, -0.2) is 0 Å². The van der Waals surface area contributed by atoms with Gasteiger partial charge in [0.2, 0.25) is 0 Å². The van der Waals surface area contributed by atoms with Crippen molar-refractivity contribution in [1.29, 1.82) is 0 Å². The molecule has 1 fully saturated rings. The SMILES string of the molecule is CC1(C)O[C@H]([C@H](O)CO)[C@H](C(C)(C)OCOCC[Si](C)(C)C)O1. The Kier molecular flexibility index (Phi) is 7.22. The Labute approximate surface area is 141 Å². The summed E-state index contributed by atoms with van der Waals surface area (Å²) in [5, 5.41) is 19.2. The van der Waals surface area contributed by atoms with Crippen LogP contribution in [0.5, 0.6) is 0 Å². The first kappa shape index (κ1) is 21.0. The summed E-state index contributed by atoms with van der Waals surface area (Å²) in [6, 6.07) is 1.08. The van der Waals surface area contributed by atoms with E-state index in [0.29, 0.717) is 6.61 Å². The molecule has 138 valence electrons. The number of aliphatic hydroxyl groups is 2. The van der Waals surface area contributed by atoms with E-state index in [1.165, 1.54) is 0 Å². The third kappa shape index (κ3) is 6.78. The molecule has 3 atom stereocenters. The van der Waals surface area contributed by atoms with E-state index in [1.807, 2.05) is 13.8 Å². The van der Waals surface area contributed by atoms with Crippen molar-refractivity contribution in [2.45, 2.75) is 83.1 Å². The highest BCUT2D eigenvalue weighted by atomic mass is 28.3. The zero-order valence-electron chi connectivity index (χ0n) is 15.6. The summed E-state index contributed by atoms with van der Waals surface area (Å²) >= 11 is 0. The summed E-state index contributed by atoms with van der Waals surface area (Å²) in [5.41, 5.74) is -0.715. The van der Waals surface area contributed by atoms with Crippen LogP contribution in [-0.2, 0) is 18.9 Å². The number of ether oxygens (including phenoxy) is 4. The van der Waals surface area contributed by atoms with Crippen LogP contribution in [0.4, 0.5) is 0 Å². The quantitative estimate of drug-likeness (QED) is 0.376. The van der Waals surface area contributed by atoms with Crippen molar-refractivity contribution < 1.29 is 29.2 Å². The molecular formula is C16H34O6Si. The minimum Gasteiger partial charge on any atom is -0.394 e. The standard InChI is InChI=1S/C16H34O6Si/c1-15(2,20-11-19-8-9-23(5,6)7)14-13(12(18)10-17)21-16(3,4)22-14/h12-14,17-18H,8-11H2,1-7H3/t12-,13-,14-/m1/s1. The average molecular weight is 351 g/mol. The number of hydrogen-bond donors (Lipinski definition) is 2. The normalized spacial score (nSPS) is 26.5. The fraction of sp³-hybridized carbons (Fsp3) is 1.00. The maximum atomic E-state index is 9.99. The highest BCUT2D eigenvalue weighted by molar-refractivity contribution is 6.76. The van der Waals surface area contributed by atoms with Gasteiger partial charge in [0, 0.05) is 14.7 Å². The smallest absolute Gasteiger partial charge is 0.164 e. The van der Waals surface area contributed by atoms with Gasteiger partial charge in [0.25, 0.3) is 0 Å². The summed E-state index contributed by atoms with van der Waals surface area (Å²) in [6.45, 7) is 14.7. The van der Waals surface area contributed by atoms with Crippen LogP contribution in [0.3, 0.4) is 0 Å². The van der Waals surface area contributed by atoms with E-state index in [-0.39, 0.29) is 13.4 Å². The Hall–Kier alpha value is -0.0231. The fourth-order valence-corrected chi connectivity index (χ4v) is 3.18. The molecule has 1 heterocycles. The lowest BCUT2D eigenvalue weighted by Gasteiger charge is -2.34. The average Bonchev–Trinajstić information content (AvgIpc) is 2.73. The molecule has 1 aliphatic heterocycles. The first-order valence-electron chi connectivity index (χ1n) is 8.24. The van der Waals surface area contributed by atoms with Crippen molar-refractivity contribution in [3.63, 3.8) is 0 Å². The monoisotopic (exact) mass is 350 g/mol. The molecule has 0 aliphatic carbocycles. The van der Waals surface area contributed by atoms with Crippen molar-refractivity contribution in [3.8, 4) is 0 Å². The molecule has 23 heavy (non-hydrogen) atoms. The third-order valence-electron chi connectivity index (χ3n) is 3.89. The van der Waals surface area contributed by atoms with Gasteiger partial charge in [0.15, 0.2) is 5.79 Å². The van der Waals surface area contributed by atoms with Crippen molar-refractivity contribution in [3.05, 3.63) is 0 Å². The first-order valence-corrected chi connectivity index (χ1v) is 11.9. The molecule has 0 bridgehead atoms. The summed E-state index contributed by atoms with van der Waals surface area (Å²) in [7, 11) is -1.11. The highest BCUT2D eigenvalue weighted by Crippen LogP contribution is 2.37. The van der Waals surface area contributed by atoms with Crippen molar-refractivity contribution in [1.82, 2.24) is 0 Å². The van der Waals surface area contributed by atoms with Gasteiger partial charge in [-0.1, -0.05) is 19.6 Å². The molecule has 7 heteroatoms. The topological polar surface area (TPSA) is 77.4 Å². The van der Waals surface area contributed by atoms with Gasteiger partial charge in [0.05, 0.1) is 12.2 Å². The molecule has 0 aromatic carbocycles. The number of rotatable bonds is 9. The predicted molar refractivity (Wildman–Crippen MR) is 91.1 cm³/mol. The molecule has 2 N–H and O–H groups in total. The molecular weight excluding hydrogens is 316 g/mol. The second-order valence-corrected chi connectivity index (χ2v) is 14.0. The van der Waals surface area contributed by atoms with E-state index in [9.17, 15) is 10.2 Å². The lowest BCUT2D eigenvalue weighted by molar-refractivity contribution is -0.198. The van der Waals surface area contributed by atoms with Crippen LogP contribution in [0, 0.1) is 0 Å². The number of aliphatic hydroxyl groups excluding tert-OH is 2.